The van der Waals surface area contributed by atoms with Gasteiger partial charge in [0, 0.05) is 25.5 Å². The van der Waals surface area contributed by atoms with Gasteiger partial charge in [-0.2, -0.15) is 0 Å². The normalized spacial score (nSPS) is 15.0. The van der Waals surface area contributed by atoms with Gasteiger partial charge in [0.2, 0.25) is 5.43 Å². The van der Waals surface area contributed by atoms with Crippen molar-refractivity contribution < 1.29 is 13.9 Å². The lowest BCUT2D eigenvalue weighted by atomic mass is 9.98. The Kier molecular flexibility index (Phi) is 5.73. The van der Waals surface area contributed by atoms with Crippen LogP contribution in [0.25, 0.3) is 10.9 Å². The Hall–Kier alpha value is -3.62. The number of nitrogen functional groups attached to an aromatic ring is 1. The van der Waals surface area contributed by atoms with E-state index in [1.165, 1.54) is 6.92 Å². The molecule has 1 aliphatic rings. The molecule has 0 saturated carbocycles. The summed E-state index contributed by atoms with van der Waals surface area (Å²) in [5.74, 6) is -0.0696. The first-order valence-electron chi connectivity index (χ1n) is 10.5. The van der Waals surface area contributed by atoms with Crippen molar-refractivity contribution in [3.8, 4) is 5.75 Å². The van der Waals surface area contributed by atoms with Gasteiger partial charge in [-0.1, -0.05) is 19.9 Å². The number of ketones is 1. The SMILES string of the molecule is CC(=O)c1cn2c3c(c(NCCNc4ccccn4)c(F)c(N)c3c1=O)OCC2C(C)C. The second-order valence-electron chi connectivity index (χ2n) is 8.18. The summed E-state index contributed by atoms with van der Waals surface area (Å²) in [5, 5.41) is 6.16. The van der Waals surface area contributed by atoms with Gasteiger partial charge in [0.15, 0.2) is 17.3 Å². The van der Waals surface area contributed by atoms with Crippen LogP contribution in [0.3, 0.4) is 0 Å². The second kappa shape index (κ2) is 8.49. The molecule has 8 nitrogen and oxygen atoms in total. The third-order valence-corrected chi connectivity index (χ3v) is 5.70. The van der Waals surface area contributed by atoms with Crippen molar-refractivity contribution in [2.45, 2.75) is 26.8 Å². The number of aromatic nitrogens is 2. The summed E-state index contributed by atoms with van der Waals surface area (Å²) in [7, 11) is 0. The Morgan fingerprint density at radius 1 is 1.34 bits per heavy atom. The van der Waals surface area contributed by atoms with Crippen molar-refractivity contribution >= 4 is 33.9 Å². The van der Waals surface area contributed by atoms with Crippen molar-refractivity contribution in [1.82, 2.24) is 9.55 Å². The highest BCUT2D eigenvalue weighted by Gasteiger charge is 2.32. The molecule has 0 radical (unpaired) electrons. The summed E-state index contributed by atoms with van der Waals surface area (Å²) in [6.45, 7) is 6.47. The molecule has 9 heteroatoms. The number of halogens is 1. The number of nitrogens with one attached hydrogen (secondary N) is 2. The molecule has 3 heterocycles. The zero-order valence-corrected chi connectivity index (χ0v) is 18.2. The van der Waals surface area contributed by atoms with Gasteiger partial charge in [-0.05, 0) is 25.0 Å². The third kappa shape index (κ3) is 3.63. The Balaban J connectivity index is 1.79. The largest absolute Gasteiger partial charge is 0.487 e. The third-order valence-electron chi connectivity index (χ3n) is 5.70. The maximum absolute atomic E-state index is 15.3. The topological polar surface area (TPSA) is 111 Å². The van der Waals surface area contributed by atoms with Crippen LogP contribution in [0, 0.1) is 11.7 Å². The van der Waals surface area contributed by atoms with Crippen LogP contribution in [0.2, 0.25) is 0 Å². The van der Waals surface area contributed by atoms with Crippen LogP contribution in [-0.4, -0.2) is 35.0 Å². The van der Waals surface area contributed by atoms with E-state index >= 15 is 4.39 Å². The molecular weight excluding hydrogens is 413 g/mol. The van der Waals surface area contributed by atoms with Crippen LogP contribution < -0.4 is 26.5 Å². The lowest BCUT2D eigenvalue weighted by molar-refractivity contribution is 0.101. The lowest BCUT2D eigenvalue weighted by Gasteiger charge is -2.33. The number of carbonyl (C=O) groups is 1. The molecule has 0 fully saturated rings. The summed E-state index contributed by atoms with van der Waals surface area (Å²) >= 11 is 0. The maximum atomic E-state index is 15.3. The van der Waals surface area contributed by atoms with Crippen LogP contribution in [0.5, 0.6) is 5.75 Å². The molecule has 3 aromatic rings. The molecule has 1 unspecified atom stereocenters. The summed E-state index contributed by atoms with van der Waals surface area (Å²) in [6.07, 6.45) is 3.23. The highest BCUT2D eigenvalue weighted by Crippen LogP contribution is 2.44. The van der Waals surface area contributed by atoms with Gasteiger partial charge in [-0.3, -0.25) is 9.59 Å². The molecule has 168 valence electrons. The summed E-state index contributed by atoms with van der Waals surface area (Å²) in [4.78, 5) is 29.3. The summed E-state index contributed by atoms with van der Waals surface area (Å²) in [5.41, 5.74) is 5.72. The Labute approximate surface area is 184 Å². The zero-order valence-electron chi connectivity index (χ0n) is 18.2. The smallest absolute Gasteiger partial charge is 0.202 e. The van der Waals surface area contributed by atoms with Crippen molar-refractivity contribution in [3.05, 3.63) is 52.2 Å². The fourth-order valence-electron chi connectivity index (χ4n) is 4.00. The van der Waals surface area contributed by atoms with Gasteiger partial charge >= 0.3 is 0 Å². The molecule has 4 rings (SSSR count). The summed E-state index contributed by atoms with van der Waals surface area (Å²) in [6, 6.07) is 5.38. The Bertz CT molecular complexity index is 1240. The van der Waals surface area contributed by atoms with Gasteiger partial charge in [0.25, 0.3) is 0 Å². The molecule has 32 heavy (non-hydrogen) atoms. The predicted octanol–water partition coefficient (Wildman–Crippen LogP) is 3.43. The fraction of sp³-hybridized carbons (Fsp3) is 0.348. The van der Waals surface area contributed by atoms with Crippen LogP contribution in [0.1, 0.15) is 37.2 Å². The van der Waals surface area contributed by atoms with Crippen LogP contribution in [0.15, 0.2) is 35.4 Å². The molecule has 0 aliphatic carbocycles. The highest BCUT2D eigenvalue weighted by atomic mass is 19.1. The summed E-state index contributed by atoms with van der Waals surface area (Å²) < 4.78 is 23.1. The minimum atomic E-state index is -0.766. The van der Waals surface area contributed by atoms with E-state index < -0.39 is 11.2 Å². The molecule has 0 amide bonds. The second-order valence-corrected chi connectivity index (χ2v) is 8.18. The van der Waals surface area contributed by atoms with E-state index in [9.17, 15) is 9.59 Å². The zero-order chi connectivity index (χ0) is 23.0. The molecule has 0 spiro atoms. The van der Waals surface area contributed by atoms with E-state index in [0.717, 1.165) is 0 Å². The number of nitrogens with zero attached hydrogens (tertiary/aromatic N) is 2. The van der Waals surface area contributed by atoms with E-state index in [-0.39, 0.29) is 52.4 Å². The number of hydrogen-bond acceptors (Lipinski definition) is 7. The van der Waals surface area contributed by atoms with Crippen molar-refractivity contribution in [2.24, 2.45) is 5.92 Å². The Morgan fingerprint density at radius 2 is 2.09 bits per heavy atom. The first kappa shape index (κ1) is 21.6. The van der Waals surface area contributed by atoms with Crippen molar-refractivity contribution in [2.75, 3.05) is 36.1 Å². The van der Waals surface area contributed by atoms with Crippen LogP contribution in [0.4, 0.5) is 21.6 Å². The number of nitrogens with two attached hydrogens (primary N) is 1. The van der Waals surface area contributed by atoms with E-state index in [1.54, 1.807) is 12.4 Å². The monoisotopic (exact) mass is 439 g/mol. The van der Waals surface area contributed by atoms with Gasteiger partial charge in [0.05, 0.1) is 28.2 Å². The first-order chi connectivity index (χ1) is 15.3. The average Bonchev–Trinajstić information content (AvgIpc) is 2.77. The van der Waals surface area contributed by atoms with Crippen molar-refractivity contribution in [1.29, 1.82) is 0 Å². The quantitative estimate of drug-likeness (QED) is 0.294. The van der Waals surface area contributed by atoms with Gasteiger partial charge in [0.1, 0.15) is 18.1 Å². The fourth-order valence-corrected chi connectivity index (χ4v) is 4.00. The number of anilines is 3. The molecule has 0 saturated heterocycles. The predicted molar refractivity (Wildman–Crippen MR) is 123 cm³/mol. The number of rotatable bonds is 7. The Morgan fingerprint density at radius 3 is 2.75 bits per heavy atom. The van der Waals surface area contributed by atoms with E-state index in [1.807, 2.05) is 36.6 Å². The number of pyridine rings is 2. The highest BCUT2D eigenvalue weighted by molar-refractivity contribution is 6.04. The number of hydrogen-bond donors (Lipinski definition) is 3. The van der Waals surface area contributed by atoms with E-state index in [0.29, 0.717) is 24.4 Å². The lowest BCUT2D eigenvalue weighted by Crippen LogP contribution is -2.31. The molecule has 0 bridgehead atoms. The minimum Gasteiger partial charge on any atom is -0.487 e. The van der Waals surface area contributed by atoms with Gasteiger partial charge in [-0.25, -0.2) is 9.37 Å². The number of Topliss-reactive ketones (excluding diaryl/α,β-unsaturated/α-hetero) is 1. The molecule has 2 aromatic heterocycles. The number of ether oxygens (including phenoxy) is 1. The molecule has 1 atom stereocenters. The van der Waals surface area contributed by atoms with E-state index in [4.69, 9.17) is 10.5 Å². The minimum absolute atomic E-state index is 0.0117. The molecule has 1 aliphatic heterocycles. The van der Waals surface area contributed by atoms with Gasteiger partial charge < -0.3 is 25.7 Å². The maximum Gasteiger partial charge on any atom is 0.202 e. The molecular formula is C23H26FN5O3. The first-order valence-corrected chi connectivity index (χ1v) is 10.5. The van der Waals surface area contributed by atoms with Gasteiger partial charge in [-0.15, -0.1) is 0 Å². The molecule has 4 N–H and O–H groups in total. The number of carbonyl (C=O) groups excluding carboxylic acids is 1. The van der Waals surface area contributed by atoms with Crippen molar-refractivity contribution in [3.63, 3.8) is 0 Å². The van der Waals surface area contributed by atoms with Crippen LogP contribution in [-0.2, 0) is 0 Å². The molecule has 1 aromatic carbocycles. The van der Waals surface area contributed by atoms with E-state index in [2.05, 4.69) is 15.6 Å². The average molecular weight is 439 g/mol. The van der Waals surface area contributed by atoms with Crippen LogP contribution >= 0.6 is 0 Å². The number of benzene rings is 1. The standard InChI is InChI=1S/C23H26FN5O3/c1-12(2)15-11-32-23-20(28-9-8-27-16-6-4-5-7-26-16)18(24)19(25)17-21(23)29(15)10-14(13(3)30)22(17)31/h4-7,10,12,15,28H,8-9,11,25H2,1-3H3,(H,26,27).